The fourth-order valence-electron chi connectivity index (χ4n) is 1.77. The lowest BCUT2D eigenvalue weighted by molar-refractivity contribution is 0.441. The van der Waals surface area contributed by atoms with E-state index in [9.17, 15) is 4.39 Å². The fraction of sp³-hybridized carbons (Fsp3) is 0.200. The maximum atomic E-state index is 13.9. The maximum Gasteiger partial charge on any atom is 0.165 e. The van der Waals surface area contributed by atoms with Gasteiger partial charge in [0.2, 0.25) is 0 Å². The quantitative estimate of drug-likeness (QED) is 0.912. The van der Waals surface area contributed by atoms with E-state index in [4.69, 9.17) is 22.1 Å². The molecule has 0 aliphatic rings. The monoisotopic (exact) mass is 279 g/mol. The third-order valence-corrected chi connectivity index (χ3v) is 2.92. The second kappa shape index (κ2) is 6.04. The summed E-state index contributed by atoms with van der Waals surface area (Å²) < 4.78 is 19.4. The van der Waals surface area contributed by atoms with Gasteiger partial charge in [0.15, 0.2) is 11.6 Å². The molecule has 2 rings (SSSR count). The fourth-order valence-corrected chi connectivity index (χ4v) is 1.95. The van der Waals surface area contributed by atoms with E-state index in [2.05, 4.69) is 0 Å². The molecule has 1 unspecified atom stereocenters. The van der Waals surface area contributed by atoms with Gasteiger partial charge < -0.3 is 10.5 Å². The summed E-state index contributed by atoms with van der Waals surface area (Å²) in [4.78, 5) is 0. The second-order valence-electron chi connectivity index (χ2n) is 4.48. The summed E-state index contributed by atoms with van der Waals surface area (Å²) in [6.07, 6.45) is 0.628. The minimum absolute atomic E-state index is 0.00487. The Bertz CT molecular complexity index is 572. The molecule has 0 fully saturated rings. The summed E-state index contributed by atoms with van der Waals surface area (Å²) in [5.41, 5.74) is 6.53. The van der Waals surface area contributed by atoms with E-state index < -0.39 is 5.82 Å². The number of ether oxygens (including phenoxy) is 1. The van der Waals surface area contributed by atoms with Gasteiger partial charge in [0.05, 0.1) is 5.02 Å². The summed E-state index contributed by atoms with van der Waals surface area (Å²) in [6.45, 7) is 1.88. The Morgan fingerprint density at radius 3 is 2.58 bits per heavy atom. The highest BCUT2D eigenvalue weighted by Gasteiger charge is 2.09. The first-order chi connectivity index (χ1) is 9.06. The first-order valence-corrected chi connectivity index (χ1v) is 6.40. The van der Waals surface area contributed by atoms with Gasteiger partial charge in [-0.15, -0.1) is 0 Å². The molecule has 0 radical (unpaired) electrons. The van der Waals surface area contributed by atoms with Crippen LogP contribution < -0.4 is 10.5 Å². The third kappa shape index (κ3) is 3.69. The molecule has 0 bridgehead atoms. The van der Waals surface area contributed by atoms with E-state index in [-0.39, 0.29) is 11.8 Å². The van der Waals surface area contributed by atoms with Crippen LogP contribution in [-0.2, 0) is 6.42 Å². The predicted octanol–water partition coefficient (Wildman–Crippen LogP) is 4.16. The van der Waals surface area contributed by atoms with Crippen molar-refractivity contribution in [1.29, 1.82) is 0 Å². The Kier molecular flexibility index (Phi) is 4.40. The number of para-hydroxylation sites is 1. The highest BCUT2D eigenvalue weighted by atomic mass is 35.5. The van der Waals surface area contributed by atoms with Crippen molar-refractivity contribution in [3.63, 3.8) is 0 Å². The number of nitrogens with two attached hydrogens (primary N) is 1. The van der Waals surface area contributed by atoms with Gasteiger partial charge in [-0.1, -0.05) is 29.8 Å². The summed E-state index contributed by atoms with van der Waals surface area (Å²) in [5.74, 6) is 0.169. The van der Waals surface area contributed by atoms with Crippen LogP contribution in [0.4, 0.5) is 4.39 Å². The topological polar surface area (TPSA) is 35.2 Å². The van der Waals surface area contributed by atoms with Gasteiger partial charge in [-0.3, -0.25) is 0 Å². The molecule has 100 valence electrons. The molecule has 2 N–H and O–H groups in total. The lowest BCUT2D eigenvalue weighted by Gasteiger charge is -2.10. The number of hydrogen-bond donors (Lipinski definition) is 1. The molecule has 0 heterocycles. The van der Waals surface area contributed by atoms with Gasteiger partial charge in [0.1, 0.15) is 5.75 Å². The Hall–Kier alpha value is -1.58. The van der Waals surface area contributed by atoms with Gasteiger partial charge in [-0.25, -0.2) is 4.39 Å². The largest absolute Gasteiger partial charge is 0.453 e. The van der Waals surface area contributed by atoms with Crippen molar-refractivity contribution in [3.8, 4) is 11.5 Å². The standard InChI is InChI=1S/C15H15ClFNO/c1-10(18)8-11-6-7-15(13(17)9-11)19-14-5-3-2-4-12(14)16/h2-7,9-10H,8,18H2,1H3. The Morgan fingerprint density at radius 1 is 1.21 bits per heavy atom. The van der Waals surface area contributed by atoms with Crippen molar-refractivity contribution < 1.29 is 9.13 Å². The van der Waals surface area contributed by atoms with Gasteiger partial charge >= 0.3 is 0 Å². The van der Waals surface area contributed by atoms with Gasteiger partial charge in [0, 0.05) is 6.04 Å². The Balaban J connectivity index is 2.20. The van der Waals surface area contributed by atoms with Crippen molar-refractivity contribution in [1.82, 2.24) is 0 Å². The summed E-state index contributed by atoms with van der Waals surface area (Å²) in [5, 5.41) is 0.446. The maximum absolute atomic E-state index is 13.9. The summed E-state index contributed by atoms with van der Waals surface area (Å²) >= 11 is 5.96. The molecule has 0 aliphatic heterocycles. The number of halogens is 2. The van der Waals surface area contributed by atoms with Crippen LogP contribution in [0.1, 0.15) is 12.5 Å². The van der Waals surface area contributed by atoms with E-state index in [0.717, 1.165) is 5.56 Å². The first kappa shape index (κ1) is 13.8. The first-order valence-electron chi connectivity index (χ1n) is 6.02. The van der Waals surface area contributed by atoms with Crippen LogP contribution in [0.3, 0.4) is 0 Å². The zero-order chi connectivity index (χ0) is 13.8. The van der Waals surface area contributed by atoms with Crippen LogP contribution in [0.2, 0.25) is 5.02 Å². The average Bonchev–Trinajstić information content (AvgIpc) is 2.34. The smallest absolute Gasteiger partial charge is 0.165 e. The molecule has 19 heavy (non-hydrogen) atoms. The number of hydrogen-bond acceptors (Lipinski definition) is 2. The van der Waals surface area contributed by atoms with Crippen LogP contribution in [0.15, 0.2) is 42.5 Å². The Morgan fingerprint density at radius 2 is 1.95 bits per heavy atom. The van der Waals surface area contributed by atoms with Crippen molar-refractivity contribution in [3.05, 3.63) is 58.9 Å². The Labute approximate surface area is 117 Å². The van der Waals surface area contributed by atoms with Crippen LogP contribution in [0.25, 0.3) is 0 Å². The lowest BCUT2D eigenvalue weighted by Crippen LogP contribution is -2.17. The average molecular weight is 280 g/mol. The molecular formula is C15H15ClFNO. The second-order valence-corrected chi connectivity index (χ2v) is 4.89. The summed E-state index contributed by atoms with van der Waals surface area (Å²) in [7, 11) is 0. The van der Waals surface area contributed by atoms with E-state index >= 15 is 0 Å². The molecule has 2 aromatic carbocycles. The molecular weight excluding hydrogens is 265 g/mol. The zero-order valence-electron chi connectivity index (χ0n) is 10.6. The molecule has 0 saturated heterocycles. The lowest BCUT2D eigenvalue weighted by atomic mass is 10.1. The van der Waals surface area contributed by atoms with Crippen LogP contribution in [0.5, 0.6) is 11.5 Å². The predicted molar refractivity (Wildman–Crippen MR) is 75.3 cm³/mol. The van der Waals surface area contributed by atoms with Crippen LogP contribution in [0, 0.1) is 5.82 Å². The molecule has 0 saturated carbocycles. The molecule has 0 aromatic heterocycles. The number of benzene rings is 2. The molecule has 1 atom stereocenters. The van der Waals surface area contributed by atoms with E-state index in [1.165, 1.54) is 6.07 Å². The van der Waals surface area contributed by atoms with Crippen molar-refractivity contribution in [2.75, 3.05) is 0 Å². The van der Waals surface area contributed by atoms with Gasteiger partial charge in [-0.05, 0) is 43.2 Å². The van der Waals surface area contributed by atoms with Crippen molar-refractivity contribution >= 4 is 11.6 Å². The van der Waals surface area contributed by atoms with Gasteiger partial charge in [0.25, 0.3) is 0 Å². The molecule has 0 amide bonds. The van der Waals surface area contributed by atoms with Crippen LogP contribution in [-0.4, -0.2) is 6.04 Å². The molecule has 2 aromatic rings. The van der Waals surface area contributed by atoms with Gasteiger partial charge in [-0.2, -0.15) is 0 Å². The minimum Gasteiger partial charge on any atom is -0.453 e. The highest BCUT2D eigenvalue weighted by Crippen LogP contribution is 2.30. The SMILES string of the molecule is CC(N)Cc1ccc(Oc2ccccc2Cl)c(F)c1. The zero-order valence-corrected chi connectivity index (χ0v) is 11.3. The van der Waals surface area contributed by atoms with Crippen molar-refractivity contribution in [2.24, 2.45) is 5.73 Å². The molecule has 4 heteroatoms. The molecule has 0 aliphatic carbocycles. The van der Waals surface area contributed by atoms with E-state index in [1.807, 2.05) is 6.92 Å². The van der Waals surface area contributed by atoms with Crippen molar-refractivity contribution in [2.45, 2.75) is 19.4 Å². The van der Waals surface area contributed by atoms with Crippen LogP contribution >= 0.6 is 11.6 Å². The normalized spacial score (nSPS) is 12.2. The number of rotatable bonds is 4. The molecule has 0 spiro atoms. The molecule has 2 nitrogen and oxygen atoms in total. The third-order valence-electron chi connectivity index (χ3n) is 2.61. The summed E-state index contributed by atoms with van der Waals surface area (Å²) in [6, 6.07) is 11.8. The highest BCUT2D eigenvalue weighted by molar-refractivity contribution is 6.32. The van der Waals surface area contributed by atoms with E-state index in [0.29, 0.717) is 17.2 Å². The minimum atomic E-state index is -0.418. The van der Waals surface area contributed by atoms with E-state index in [1.54, 1.807) is 36.4 Å².